The highest BCUT2D eigenvalue weighted by Crippen LogP contribution is 2.23. The Morgan fingerprint density at radius 3 is 2.75 bits per heavy atom. The molecule has 3 aromatic heterocycles. The molecule has 0 unspecified atom stereocenters. The van der Waals surface area contributed by atoms with Gasteiger partial charge in [0.2, 0.25) is 0 Å². The first-order valence-electron chi connectivity index (χ1n) is 8.62. The number of hydrogen-bond donors (Lipinski definition) is 1. The molecule has 0 aliphatic rings. The zero-order valence-electron chi connectivity index (χ0n) is 14.7. The van der Waals surface area contributed by atoms with Crippen LogP contribution in [0.4, 0.5) is 0 Å². The SMILES string of the molecule is O=C(NCCn1nc(-c2ccco2)ccc1=O)c1csc(-c2ccccc2)n1. The van der Waals surface area contributed by atoms with Gasteiger partial charge in [0.1, 0.15) is 16.4 Å². The smallest absolute Gasteiger partial charge is 0.270 e. The summed E-state index contributed by atoms with van der Waals surface area (Å²) in [5.41, 5.74) is 1.64. The molecule has 0 bridgehead atoms. The molecule has 140 valence electrons. The largest absolute Gasteiger partial charge is 0.463 e. The summed E-state index contributed by atoms with van der Waals surface area (Å²) in [6.45, 7) is 0.500. The van der Waals surface area contributed by atoms with E-state index in [1.54, 1.807) is 29.8 Å². The monoisotopic (exact) mass is 392 g/mol. The molecule has 1 amide bonds. The van der Waals surface area contributed by atoms with E-state index in [0.29, 0.717) is 17.1 Å². The van der Waals surface area contributed by atoms with Crippen molar-refractivity contribution in [3.63, 3.8) is 0 Å². The van der Waals surface area contributed by atoms with Crippen molar-refractivity contribution in [1.29, 1.82) is 0 Å². The maximum atomic E-state index is 12.3. The lowest BCUT2D eigenvalue weighted by molar-refractivity contribution is 0.0947. The van der Waals surface area contributed by atoms with Gasteiger partial charge in [-0.25, -0.2) is 9.67 Å². The molecule has 0 spiro atoms. The predicted octanol–water partition coefficient (Wildman–Crippen LogP) is 3.06. The summed E-state index contributed by atoms with van der Waals surface area (Å²) in [7, 11) is 0. The van der Waals surface area contributed by atoms with Crippen LogP contribution in [0.3, 0.4) is 0 Å². The molecule has 0 aliphatic carbocycles. The van der Waals surface area contributed by atoms with Crippen LogP contribution in [0.15, 0.2) is 75.5 Å². The fourth-order valence-corrected chi connectivity index (χ4v) is 3.43. The number of carbonyl (C=O) groups is 1. The van der Waals surface area contributed by atoms with Gasteiger partial charge in [-0.05, 0) is 18.2 Å². The number of carbonyl (C=O) groups excluding carboxylic acids is 1. The molecule has 1 N–H and O–H groups in total. The van der Waals surface area contributed by atoms with Crippen molar-refractivity contribution in [2.45, 2.75) is 6.54 Å². The minimum Gasteiger partial charge on any atom is -0.463 e. The summed E-state index contributed by atoms with van der Waals surface area (Å²) in [4.78, 5) is 28.7. The van der Waals surface area contributed by atoms with Crippen molar-refractivity contribution in [1.82, 2.24) is 20.1 Å². The molecule has 0 fully saturated rings. The second-order valence-corrected chi connectivity index (χ2v) is 6.78. The number of thiazole rings is 1. The molecule has 4 rings (SSSR count). The van der Waals surface area contributed by atoms with Crippen molar-refractivity contribution in [3.8, 4) is 22.0 Å². The first-order chi connectivity index (χ1) is 13.7. The molecule has 8 heteroatoms. The Bertz CT molecular complexity index is 1130. The Morgan fingerprint density at radius 1 is 1.11 bits per heavy atom. The summed E-state index contributed by atoms with van der Waals surface area (Å²) in [5.74, 6) is 0.294. The van der Waals surface area contributed by atoms with Crippen LogP contribution in [0, 0.1) is 0 Å². The molecular weight excluding hydrogens is 376 g/mol. The zero-order chi connectivity index (χ0) is 19.3. The van der Waals surface area contributed by atoms with E-state index in [1.165, 1.54) is 22.1 Å². The van der Waals surface area contributed by atoms with Crippen molar-refractivity contribution >= 4 is 17.2 Å². The summed E-state index contributed by atoms with van der Waals surface area (Å²) in [5, 5.41) is 9.56. The van der Waals surface area contributed by atoms with Gasteiger partial charge in [-0.1, -0.05) is 30.3 Å². The van der Waals surface area contributed by atoms with Crippen LogP contribution in [0.1, 0.15) is 10.5 Å². The Labute approximate surface area is 164 Å². The van der Waals surface area contributed by atoms with Gasteiger partial charge in [0.05, 0.1) is 12.8 Å². The van der Waals surface area contributed by atoms with Crippen LogP contribution >= 0.6 is 11.3 Å². The van der Waals surface area contributed by atoms with Crippen LogP contribution in [0.5, 0.6) is 0 Å². The van der Waals surface area contributed by atoms with E-state index in [9.17, 15) is 9.59 Å². The Kier molecular flexibility index (Phi) is 5.11. The Morgan fingerprint density at radius 2 is 1.96 bits per heavy atom. The van der Waals surface area contributed by atoms with Crippen molar-refractivity contribution < 1.29 is 9.21 Å². The van der Waals surface area contributed by atoms with Crippen molar-refractivity contribution in [2.24, 2.45) is 0 Å². The molecule has 0 radical (unpaired) electrons. The lowest BCUT2D eigenvalue weighted by Gasteiger charge is -2.07. The number of furan rings is 1. The van der Waals surface area contributed by atoms with Gasteiger partial charge >= 0.3 is 0 Å². The van der Waals surface area contributed by atoms with E-state index in [4.69, 9.17) is 4.42 Å². The van der Waals surface area contributed by atoms with E-state index < -0.39 is 0 Å². The average molecular weight is 392 g/mol. The summed E-state index contributed by atoms with van der Waals surface area (Å²) in [6, 6.07) is 16.2. The Balaban J connectivity index is 1.39. The number of hydrogen-bond acceptors (Lipinski definition) is 6. The quantitative estimate of drug-likeness (QED) is 0.545. The number of amides is 1. The summed E-state index contributed by atoms with van der Waals surface area (Å²) < 4.78 is 6.60. The first-order valence-corrected chi connectivity index (χ1v) is 9.50. The minimum atomic E-state index is -0.284. The second-order valence-electron chi connectivity index (χ2n) is 5.92. The van der Waals surface area contributed by atoms with E-state index in [0.717, 1.165) is 10.6 Å². The van der Waals surface area contributed by atoms with Crippen LogP contribution in [0.25, 0.3) is 22.0 Å². The highest BCUT2D eigenvalue weighted by Gasteiger charge is 2.12. The molecule has 0 aliphatic heterocycles. The summed E-state index contributed by atoms with van der Waals surface area (Å²) in [6.07, 6.45) is 1.55. The zero-order valence-corrected chi connectivity index (χ0v) is 15.6. The van der Waals surface area contributed by atoms with Gasteiger partial charge in [0.15, 0.2) is 5.76 Å². The molecule has 4 aromatic rings. The van der Waals surface area contributed by atoms with Gasteiger partial charge < -0.3 is 9.73 Å². The molecule has 28 heavy (non-hydrogen) atoms. The van der Waals surface area contributed by atoms with Gasteiger partial charge in [0.25, 0.3) is 11.5 Å². The third-order valence-electron chi connectivity index (χ3n) is 4.01. The van der Waals surface area contributed by atoms with Gasteiger partial charge in [0, 0.05) is 23.6 Å². The highest BCUT2D eigenvalue weighted by molar-refractivity contribution is 7.13. The molecule has 1 aromatic carbocycles. The number of nitrogens with zero attached hydrogens (tertiary/aromatic N) is 3. The lowest BCUT2D eigenvalue weighted by Crippen LogP contribution is -2.32. The molecule has 0 saturated carbocycles. The van der Waals surface area contributed by atoms with Gasteiger partial charge in [-0.3, -0.25) is 9.59 Å². The maximum Gasteiger partial charge on any atom is 0.270 e. The van der Waals surface area contributed by atoms with Crippen molar-refractivity contribution in [3.05, 3.63) is 82.3 Å². The third kappa shape index (κ3) is 3.91. The van der Waals surface area contributed by atoms with Crippen LogP contribution in [-0.4, -0.2) is 27.2 Å². The molecule has 3 heterocycles. The Hall–Kier alpha value is -3.52. The fraction of sp³-hybridized carbons (Fsp3) is 0.100. The van der Waals surface area contributed by atoms with Crippen LogP contribution in [-0.2, 0) is 6.54 Å². The fourth-order valence-electron chi connectivity index (χ4n) is 2.62. The summed E-state index contributed by atoms with van der Waals surface area (Å²) >= 11 is 1.41. The van der Waals surface area contributed by atoms with Crippen LogP contribution in [0.2, 0.25) is 0 Å². The van der Waals surface area contributed by atoms with Gasteiger partial charge in [-0.15, -0.1) is 11.3 Å². The topological polar surface area (TPSA) is 90.0 Å². The second kappa shape index (κ2) is 8.01. The maximum absolute atomic E-state index is 12.3. The van der Waals surface area contributed by atoms with E-state index in [2.05, 4.69) is 15.4 Å². The molecule has 7 nitrogen and oxygen atoms in total. The standard InChI is InChI=1S/C20H16N4O3S/c25-18-9-8-15(17-7-4-12-27-17)23-24(18)11-10-21-19(26)16-13-28-20(22-16)14-5-2-1-3-6-14/h1-9,12-13H,10-11H2,(H,21,26). The molecular formula is C20H16N4O3S. The van der Waals surface area contributed by atoms with E-state index in [1.807, 2.05) is 30.3 Å². The van der Waals surface area contributed by atoms with E-state index in [-0.39, 0.29) is 24.6 Å². The average Bonchev–Trinajstić information content (AvgIpc) is 3.42. The number of aromatic nitrogens is 3. The third-order valence-corrected chi connectivity index (χ3v) is 4.90. The number of benzene rings is 1. The normalized spacial score (nSPS) is 10.7. The number of nitrogens with one attached hydrogen (secondary N) is 1. The highest BCUT2D eigenvalue weighted by atomic mass is 32.1. The number of rotatable bonds is 6. The van der Waals surface area contributed by atoms with Gasteiger partial charge in [-0.2, -0.15) is 5.10 Å². The molecule has 0 saturated heterocycles. The molecule has 0 atom stereocenters. The predicted molar refractivity (Wildman–Crippen MR) is 106 cm³/mol. The van der Waals surface area contributed by atoms with Crippen molar-refractivity contribution in [2.75, 3.05) is 6.54 Å². The lowest BCUT2D eigenvalue weighted by atomic mass is 10.2. The minimum absolute atomic E-state index is 0.245. The van der Waals surface area contributed by atoms with E-state index >= 15 is 0 Å². The van der Waals surface area contributed by atoms with Crippen LogP contribution < -0.4 is 10.9 Å². The first kappa shape index (κ1) is 17.9.